The first-order valence-corrected chi connectivity index (χ1v) is 9.56. The second-order valence-corrected chi connectivity index (χ2v) is 7.70. The van der Waals surface area contributed by atoms with Crippen LogP contribution in [0.3, 0.4) is 0 Å². The summed E-state index contributed by atoms with van der Waals surface area (Å²) in [6, 6.07) is 14.7. The predicted octanol–water partition coefficient (Wildman–Crippen LogP) is 4.19. The van der Waals surface area contributed by atoms with Crippen molar-refractivity contribution in [3.05, 3.63) is 95.1 Å². The minimum atomic E-state index is -0.817. The topological polar surface area (TPSA) is 9.37 Å². The molecule has 2 aromatic carbocycles. The Hall–Kier alpha value is -2.53. The van der Waals surface area contributed by atoms with Crippen LogP contribution in [0.25, 0.3) is 0 Å². The number of aromatic nitrogens is 1. The first kappa shape index (κ1) is 20.2. The Kier molecular flexibility index (Phi) is 6.57. The van der Waals surface area contributed by atoms with E-state index in [0.717, 1.165) is 29.9 Å². The van der Waals surface area contributed by atoms with E-state index >= 15 is 0 Å². The fourth-order valence-corrected chi connectivity index (χ4v) is 3.53. The van der Waals surface area contributed by atoms with E-state index in [1.54, 1.807) is 18.2 Å². The van der Waals surface area contributed by atoms with Crippen LogP contribution in [0.5, 0.6) is 0 Å². The molecule has 148 valence electrons. The Bertz CT molecular complexity index is 900. The van der Waals surface area contributed by atoms with Crippen molar-refractivity contribution in [2.24, 2.45) is 5.92 Å². The zero-order valence-electron chi connectivity index (χ0n) is 16.3. The van der Waals surface area contributed by atoms with E-state index in [1.807, 2.05) is 12.3 Å². The molecule has 0 aliphatic heterocycles. The number of hydrogen-bond donors (Lipinski definition) is 1. The van der Waals surface area contributed by atoms with E-state index in [2.05, 4.69) is 24.5 Å². The van der Waals surface area contributed by atoms with Gasteiger partial charge in [0.25, 0.3) is 0 Å². The first-order chi connectivity index (χ1) is 13.4. The Morgan fingerprint density at radius 2 is 1.57 bits per heavy atom. The summed E-state index contributed by atoms with van der Waals surface area (Å²) in [5.41, 5.74) is 2.97. The molecule has 0 saturated carbocycles. The van der Waals surface area contributed by atoms with Gasteiger partial charge in [-0.3, -0.25) is 0 Å². The number of halogens is 3. The van der Waals surface area contributed by atoms with Crippen LogP contribution in [0.2, 0.25) is 0 Å². The zero-order chi connectivity index (χ0) is 20.1. The van der Waals surface area contributed by atoms with Crippen molar-refractivity contribution < 1.29 is 18.1 Å². The lowest BCUT2D eigenvalue weighted by Gasteiger charge is -2.22. The van der Waals surface area contributed by atoms with Gasteiger partial charge in [0.1, 0.15) is 18.9 Å². The van der Waals surface area contributed by atoms with Gasteiger partial charge in [0.05, 0.1) is 12.2 Å². The van der Waals surface area contributed by atoms with Gasteiger partial charge in [0.2, 0.25) is 0 Å². The maximum atomic E-state index is 13.6. The third-order valence-corrected chi connectivity index (χ3v) is 4.76. The van der Waals surface area contributed by atoms with Crippen molar-refractivity contribution in [2.45, 2.75) is 33.5 Å². The molecule has 0 saturated heterocycles. The zero-order valence-corrected chi connectivity index (χ0v) is 16.3. The van der Waals surface area contributed by atoms with E-state index in [0.29, 0.717) is 19.0 Å². The highest BCUT2D eigenvalue weighted by Crippen LogP contribution is 2.10. The van der Waals surface area contributed by atoms with E-state index in [1.165, 1.54) is 29.2 Å². The molecule has 0 aliphatic carbocycles. The minimum Gasteiger partial charge on any atom is -0.342 e. The van der Waals surface area contributed by atoms with Crippen LogP contribution in [0.1, 0.15) is 30.7 Å². The van der Waals surface area contributed by atoms with Crippen LogP contribution in [0.15, 0.2) is 60.8 Å². The van der Waals surface area contributed by atoms with Crippen LogP contribution in [0.4, 0.5) is 13.2 Å². The maximum absolute atomic E-state index is 13.6. The molecular formula is C23H26F3N2+. The van der Waals surface area contributed by atoms with Crippen molar-refractivity contribution in [3.63, 3.8) is 0 Å². The molecular weight excluding hydrogens is 361 g/mol. The number of hydrogen-bond acceptors (Lipinski definition) is 0. The fourth-order valence-electron chi connectivity index (χ4n) is 3.53. The third-order valence-electron chi connectivity index (χ3n) is 4.76. The molecule has 0 aliphatic rings. The van der Waals surface area contributed by atoms with Crippen LogP contribution >= 0.6 is 0 Å². The lowest BCUT2D eigenvalue weighted by Crippen LogP contribution is -3.10. The fraction of sp³-hybridized carbons (Fsp3) is 0.304. The molecule has 0 bridgehead atoms. The minimum absolute atomic E-state index is 0.240. The molecule has 0 amide bonds. The lowest BCUT2D eigenvalue weighted by molar-refractivity contribution is -0.930. The quantitative estimate of drug-likeness (QED) is 0.594. The van der Waals surface area contributed by atoms with Gasteiger partial charge in [-0.1, -0.05) is 32.0 Å². The van der Waals surface area contributed by atoms with Crippen molar-refractivity contribution >= 4 is 0 Å². The highest BCUT2D eigenvalue weighted by atomic mass is 19.2. The highest BCUT2D eigenvalue weighted by molar-refractivity contribution is 5.19. The van der Waals surface area contributed by atoms with E-state index in [9.17, 15) is 13.2 Å². The summed E-state index contributed by atoms with van der Waals surface area (Å²) in [6.07, 6.45) is 2.02. The normalized spacial score (nSPS) is 12.5. The molecule has 3 rings (SSSR count). The number of nitrogens with one attached hydrogen (secondary N) is 1. The molecule has 0 radical (unpaired) electrons. The molecule has 1 atom stereocenters. The van der Waals surface area contributed by atoms with Crippen LogP contribution in [-0.2, 0) is 19.6 Å². The SMILES string of the molecule is CC(C)C[NH+](Cc1ccc(F)c(F)c1)Cc1cccn1Cc1ccc(F)cc1. The van der Waals surface area contributed by atoms with Crippen molar-refractivity contribution in [2.75, 3.05) is 6.54 Å². The van der Waals surface area contributed by atoms with Gasteiger partial charge in [0, 0.05) is 24.2 Å². The summed E-state index contributed by atoms with van der Waals surface area (Å²) in [7, 11) is 0. The predicted molar refractivity (Wildman–Crippen MR) is 104 cm³/mol. The Labute approximate surface area is 164 Å². The lowest BCUT2D eigenvalue weighted by atomic mass is 10.1. The number of nitrogens with zero attached hydrogens (tertiary/aromatic N) is 1. The molecule has 1 heterocycles. The van der Waals surface area contributed by atoms with Gasteiger partial charge >= 0.3 is 0 Å². The number of rotatable bonds is 8. The Balaban J connectivity index is 1.74. The molecule has 5 heteroatoms. The molecule has 2 nitrogen and oxygen atoms in total. The summed E-state index contributed by atoms with van der Waals surface area (Å²) in [5.74, 6) is -1.39. The Morgan fingerprint density at radius 3 is 2.25 bits per heavy atom. The largest absolute Gasteiger partial charge is 0.342 e. The molecule has 1 N–H and O–H groups in total. The van der Waals surface area contributed by atoms with Gasteiger partial charge in [0.15, 0.2) is 11.6 Å². The molecule has 28 heavy (non-hydrogen) atoms. The van der Waals surface area contributed by atoms with Crippen molar-refractivity contribution in [1.82, 2.24) is 4.57 Å². The molecule has 1 aromatic heterocycles. The van der Waals surface area contributed by atoms with Crippen molar-refractivity contribution in [3.8, 4) is 0 Å². The monoisotopic (exact) mass is 387 g/mol. The number of quaternary nitrogens is 1. The number of benzene rings is 2. The Morgan fingerprint density at radius 1 is 0.857 bits per heavy atom. The van der Waals surface area contributed by atoms with Gasteiger partial charge in [-0.2, -0.15) is 0 Å². The highest BCUT2D eigenvalue weighted by Gasteiger charge is 2.16. The van der Waals surface area contributed by atoms with Crippen LogP contribution < -0.4 is 4.90 Å². The third kappa shape index (κ3) is 5.49. The van der Waals surface area contributed by atoms with Crippen LogP contribution in [0, 0.1) is 23.4 Å². The summed E-state index contributed by atoms with van der Waals surface area (Å²) in [6.45, 7) is 7.29. The average Bonchev–Trinajstić information content (AvgIpc) is 3.06. The summed E-state index contributed by atoms with van der Waals surface area (Å²) in [5, 5.41) is 0. The smallest absolute Gasteiger partial charge is 0.159 e. The van der Waals surface area contributed by atoms with Gasteiger partial charge in [-0.05, 0) is 42.0 Å². The summed E-state index contributed by atoms with van der Waals surface area (Å²) >= 11 is 0. The first-order valence-electron chi connectivity index (χ1n) is 9.56. The molecule has 0 spiro atoms. The molecule has 3 aromatic rings. The molecule has 0 fully saturated rings. The van der Waals surface area contributed by atoms with E-state index in [4.69, 9.17) is 0 Å². The van der Waals surface area contributed by atoms with Crippen LogP contribution in [-0.4, -0.2) is 11.1 Å². The summed E-state index contributed by atoms with van der Waals surface area (Å²) in [4.78, 5) is 1.28. The second-order valence-electron chi connectivity index (χ2n) is 7.70. The van der Waals surface area contributed by atoms with E-state index in [-0.39, 0.29) is 5.82 Å². The average molecular weight is 387 g/mol. The molecule has 1 unspecified atom stereocenters. The maximum Gasteiger partial charge on any atom is 0.159 e. The summed E-state index contributed by atoms with van der Waals surface area (Å²) < 4.78 is 42.1. The van der Waals surface area contributed by atoms with Gasteiger partial charge in [-0.15, -0.1) is 0 Å². The van der Waals surface area contributed by atoms with Gasteiger partial charge < -0.3 is 9.47 Å². The van der Waals surface area contributed by atoms with Gasteiger partial charge in [-0.25, -0.2) is 13.2 Å². The standard InChI is InChI=1S/C23H25F3N2/c1-17(2)13-27(14-19-7-10-22(25)23(26)12-19)16-21-4-3-11-28(21)15-18-5-8-20(24)9-6-18/h3-12,17H,13-16H2,1-2H3/p+1. The van der Waals surface area contributed by atoms with Crippen molar-refractivity contribution in [1.29, 1.82) is 0 Å². The second kappa shape index (κ2) is 9.11. The van der Waals surface area contributed by atoms with E-state index < -0.39 is 11.6 Å².